The van der Waals surface area contributed by atoms with Gasteiger partial charge in [0.15, 0.2) is 0 Å². The Morgan fingerprint density at radius 2 is 2.08 bits per heavy atom. The van der Waals surface area contributed by atoms with Gasteiger partial charge in [-0.2, -0.15) is 0 Å². The van der Waals surface area contributed by atoms with E-state index in [1.807, 2.05) is 6.08 Å². The van der Waals surface area contributed by atoms with E-state index in [9.17, 15) is 13.6 Å². The van der Waals surface area contributed by atoms with Crippen LogP contribution in [0.2, 0.25) is 0 Å². The summed E-state index contributed by atoms with van der Waals surface area (Å²) in [6, 6.07) is 0. The van der Waals surface area contributed by atoms with Crippen LogP contribution in [0.1, 0.15) is 13.3 Å². The van der Waals surface area contributed by atoms with Crippen molar-refractivity contribution in [1.29, 1.82) is 0 Å². The summed E-state index contributed by atoms with van der Waals surface area (Å²) in [7, 11) is 0. The summed E-state index contributed by atoms with van der Waals surface area (Å²) in [4.78, 5) is 10.3. The maximum absolute atomic E-state index is 14.0. The van der Waals surface area contributed by atoms with E-state index >= 15 is 0 Å². The summed E-state index contributed by atoms with van der Waals surface area (Å²) in [5.74, 6) is -0.824. The van der Waals surface area contributed by atoms with Crippen LogP contribution in [0.15, 0.2) is 70.5 Å². The van der Waals surface area contributed by atoms with Crippen molar-refractivity contribution in [3.63, 3.8) is 0 Å². The van der Waals surface area contributed by atoms with Gasteiger partial charge in [-0.3, -0.25) is 4.79 Å². The molecule has 1 aliphatic rings. The Balaban J connectivity index is 2.67. The van der Waals surface area contributed by atoms with Crippen LogP contribution in [0.4, 0.5) is 8.78 Å². The first-order chi connectivity index (χ1) is 12.3. The average Bonchev–Trinajstić information content (AvgIpc) is 3.03. The molecule has 0 aromatic rings. The summed E-state index contributed by atoms with van der Waals surface area (Å²) in [6.45, 7) is 6.25. The molecule has 0 radical (unpaired) electrons. The minimum Gasteiger partial charge on any atom is -0.333 e. The van der Waals surface area contributed by atoms with Crippen molar-refractivity contribution < 1.29 is 13.6 Å². The lowest BCUT2D eigenvalue weighted by Crippen LogP contribution is -2.09. The van der Waals surface area contributed by atoms with Gasteiger partial charge in [0.25, 0.3) is 0 Å². The minimum atomic E-state index is -0.675. The number of hydrogen-bond acceptors (Lipinski definition) is 2. The smallest absolute Gasteiger partial charge is 0.211 e. The number of allylic oxidation sites excluding steroid dienone is 10. The first-order valence-electron chi connectivity index (χ1n) is 8.05. The van der Waals surface area contributed by atoms with E-state index in [0.717, 1.165) is 19.5 Å². The fraction of sp³-hybridized carbons (Fsp3) is 0.316. The summed E-state index contributed by atoms with van der Waals surface area (Å²) >= 11 is 11.5. The van der Waals surface area contributed by atoms with Crippen molar-refractivity contribution in [1.82, 2.24) is 10.6 Å². The second-order valence-corrected chi connectivity index (χ2v) is 6.62. The Morgan fingerprint density at radius 3 is 2.73 bits per heavy atom. The van der Waals surface area contributed by atoms with Gasteiger partial charge in [-0.25, -0.2) is 8.78 Å². The van der Waals surface area contributed by atoms with Crippen LogP contribution in [0, 0.1) is 11.8 Å². The van der Waals surface area contributed by atoms with Crippen molar-refractivity contribution in [3.8, 4) is 0 Å². The van der Waals surface area contributed by atoms with Gasteiger partial charge >= 0.3 is 0 Å². The predicted octanol–water partition coefficient (Wildman–Crippen LogP) is 5.00. The largest absolute Gasteiger partial charge is 0.333 e. The van der Waals surface area contributed by atoms with E-state index in [1.165, 1.54) is 18.2 Å². The Labute approximate surface area is 162 Å². The van der Waals surface area contributed by atoms with Crippen LogP contribution >= 0.6 is 23.2 Å². The highest BCUT2D eigenvalue weighted by atomic mass is 35.5. The SMILES string of the molecule is C=C(F)/C(Cl)=C\C=C/CC1CNC[C@H]1/C=C/C(F)=C(Cl)\C=C(/C)NC=O. The number of carbonyl (C=O) groups excluding carboxylic acids is 1. The first kappa shape index (κ1) is 22.4. The Bertz CT molecular complexity index is 666. The molecule has 0 saturated carbocycles. The van der Waals surface area contributed by atoms with Gasteiger partial charge in [0.1, 0.15) is 11.7 Å². The molecule has 1 heterocycles. The van der Waals surface area contributed by atoms with E-state index in [-0.39, 0.29) is 21.9 Å². The van der Waals surface area contributed by atoms with E-state index in [1.54, 1.807) is 19.1 Å². The monoisotopic (exact) mass is 402 g/mol. The van der Waals surface area contributed by atoms with Crippen LogP contribution in [0.5, 0.6) is 0 Å². The number of rotatable bonds is 9. The van der Waals surface area contributed by atoms with Crippen LogP contribution in [0.25, 0.3) is 0 Å². The number of carbonyl (C=O) groups is 1. The molecule has 3 nitrogen and oxygen atoms in total. The number of nitrogens with one attached hydrogen (secondary N) is 2. The van der Waals surface area contributed by atoms with Crippen LogP contribution in [-0.2, 0) is 4.79 Å². The molecule has 1 amide bonds. The van der Waals surface area contributed by atoms with E-state index in [4.69, 9.17) is 23.2 Å². The molecule has 142 valence electrons. The van der Waals surface area contributed by atoms with Crippen LogP contribution < -0.4 is 10.6 Å². The fourth-order valence-electron chi connectivity index (χ4n) is 2.41. The van der Waals surface area contributed by atoms with Crippen molar-refractivity contribution in [2.24, 2.45) is 11.8 Å². The van der Waals surface area contributed by atoms with Gasteiger partial charge in [-0.05, 0) is 50.0 Å². The molecular weight excluding hydrogens is 381 g/mol. The number of amides is 1. The highest BCUT2D eigenvalue weighted by molar-refractivity contribution is 6.32. The molecule has 7 heteroatoms. The zero-order valence-electron chi connectivity index (χ0n) is 14.4. The topological polar surface area (TPSA) is 41.1 Å². The number of hydrogen-bond donors (Lipinski definition) is 2. The maximum atomic E-state index is 14.0. The summed E-state index contributed by atoms with van der Waals surface area (Å²) in [5.41, 5.74) is 0.446. The highest BCUT2D eigenvalue weighted by Gasteiger charge is 2.23. The molecule has 0 aromatic heterocycles. The lowest BCUT2D eigenvalue weighted by molar-refractivity contribution is -0.108. The molecule has 0 aromatic carbocycles. The third-order valence-electron chi connectivity index (χ3n) is 3.82. The van der Waals surface area contributed by atoms with Crippen LogP contribution in [-0.4, -0.2) is 19.5 Å². The fourth-order valence-corrected chi connectivity index (χ4v) is 2.71. The zero-order chi connectivity index (χ0) is 19.5. The van der Waals surface area contributed by atoms with E-state index < -0.39 is 11.7 Å². The van der Waals surface area contributed by atoms with Crippen molar-refractivity contribution in [2.75, 3.05) is 13.1 Å². The standard InChI is InChI=1S/C19H22Cl2F2N2O/c1-13(25-12-26)9-18(21)19(23)8-7-16-11-24-10-15(16)5-3-4-6-17(20)14(2)22/h3-4,6-9,12,15-16,24H,2,5,10-11H2,1H3,(H,25,26)/b4-3-,8-7+,13-9+,17-6+,19-18-/t15?,16-/m1/s1. The van der Waals surface area contributed by atoms with Gasteiger partial charge < -0.3 is 10.6 Å². The third kappa shape index (κ3) is 8.13. The summed E-state index contributed by atoms with van der Waals surface area (Å²) in [6.07, 6.45) is 10.7. The van der Waals surface area contributed by atoms with Crippen LogP contribution in [0.3, 0.4) is 0 Å². The van der Waals surface area contributed by atoms with E-state index in [2.05, 4.69) is 17.2 Å². The quantitative estimate of drug-likeness (QED) is 0.420. The third-order valence-corrected chi connectivity index (χ3v) is 4.44. The van der Waals surface area contributed by atoms with Gasteiger partial charge in [0.2, 0.25) is 6.41 Å². The van der Waals surface area contributed by atoms with E-state index in [0.29, 0.717) is 12.1 Å². The Hall–Kier alpha value is -1.69. The molecule has 1 fully saturated rings. The first-order valence-corrected chi connectivity index (χ1v) is 8.80. The molecule has 1 rings (SSSR count). The molecule has 1 unspecified atom stereocenters. The number of halogens is 4. The molecule has 2 N–H and O–H groups in total. The minimum absolute atomic E-state index is 0.0310. The second kappa shape index (κ2) is 11.8. The van der Waals surface area contributed by atoms with Crippen molar-refractivity contribution in [2.45, 2.75) is 13.3 Å². The van der Waals surface area contributed by atoms with Gasteiger partial charge in [-0.1, -0.05) is 48.0 Å². The molecular formula is C19H22Cl2F2N2O. The second-order valence-electron chi connectivity index (χ2n) is 5.81. The van der Waals surface area contributed by atoms with Crippen molar-refractivity contribution in [3.05, 3.63) is 70.5 Å². The molecule has 0 aliphatic carbocycles. The highest BCUT2D eigenvalue weighted by Crippen LogP contribution is 2.24. The normalized spacial score (nSPS) is 22.8. The summed E-state index contributed by atoms with van der Waals surface area (Å²) in [5, 5.41) is 5.54. The molecule has 1 aliphatic heterocycles. The van der Waals surface area contributed by atoms with Crippen molar-refractivity contribution >= 4 is 29.6 Å². The molecule has 0 spiro atoms. The van der Waals surface area contributed by atoms with Gasteiger partial charge in [0, 0.05) is 12.2 Å². The molecule has 0 bridgehead atoms. The lowest BCUT2D eigenvalue weighted by Gasteiger charge is -2.12. The predicted molar refractivity (Wildman–Crippen MR) is 104 cm³/mol. The van der Waals surface area contributed by atoms with Gasteiger partial charge in [0.05, 0.1) is 10.1 Å². The Kier molecular flexibility index (Phi) is 10.2. The zero-order valence-corrected chi connectivity index (χ0v) is 16.0. The molecule has 26 heavy (non-hydrogen) atoms. The molecule has 2 atom stereocenters. The summed E-state index contributed by atoms with van der Waals surface area (Å²) < 4.78 is 26.8. The molecule has 1 saturated heterocycles. The average molecular weight is 403 g/mol. The van der Waals surface area contributed by atoms with Gasteiger partial charge in [-0.15, -0.1) is 0 Å². The lowest BCUT2D eigenvalue weighted by atomic mass is 9.92. The maximum Gasteiger partial charge on any atom is 0.211 e. The Morgan fingerprint density at radius 1 is 1.35 bits per heavy atom.